The Kier molecular flexibility index (Phi) is 3.17. The summed E-state index contributed by atoms with van der Waals surface area (Å²) in [6.45, 7) is 1.95. The van der Waals surface area contributed by atoms with E-state index in [-0.39, 0.29) is 29.4 Å². The number of carbonyl (C=O) groups excluding carboxylic acids is 1. The predicted molar refractivity (Wildman–Crippen MR) is 72.6 cm³/mol. The Morgan fingerprint density at radius 3 is 3.00 bits per heavy atom. The van der Waals surface area contributed by atoms with Gasteiger partial charge in [-0.25, -0.2) is 20.6 Å². The van der Waals surface area contributed by atoms with E-state index in [1.165, 1.54) is 6.33 Å². The standard InChI is InChI=1S/C10H14N8O3/c11-15-8-7(18(20)21)9(14-5-13-8)16-1-2-17-6(4-16)3-12-10(17)19/h5-6H,1-4,11H2,(H,12,19)(H,13,14,15). The summed E-state index contributed by atoms with van der Waals surface area (Å²) in [5, 5.41) is 14.0. The Labute approximate surface area is 119 Å². The van der Waals surface area contributed by atoms with Gasteiger partial charge in [0.2, 0.25) is 11.6 Å². The van der Waals surface area contributed by atoms with Gasteiger partial charge < -0.3 is 20.5 Å². The van der Waals surface area contributed by atoms with E-state index in [0.29, 0.717) is 26.2 Å². The topological polar surface area (TPSA) is 143 Å². The molecule has 11 nitrogen and oxygen atoms in total. The first-order valence-electron chi connectivity index (χ1n) is 6.37. The van der Waals surface area contributed by atoms with Gasteiger partial charge in [0.15, 0.2) is 0 Å². The number of nitrogens with zero attached hydrogens (tertiary/aromatic N) is 5. The molecule has 0 aromatic carbocycles. The van der Waals surface area contributed by atoms with E-state index in [1.807, 2.05) is 0 Å². The van der Waals surface area contributed by atoms with Gasteiger partial charge in [0.25, 0.3) is 0 Å². The van der Waals surface area contributed by atoms with Crippen molar-refractivity contribution in [2.45, 2.75) is 6.04 Å². The highest BCUT2D eigenvalue weighted by Crippen LogP contribution is 2.32. The number of amides is 2. The zero-order chi connectivity index (χ0) is 15.0. The predicted octanol–water partition coefficient (Wildman–Crippen LogP) is -1.12. The molecule has 3 heterocycles. The summed E-state index contributed by atoms with van der Waals surface area (Å²) in [6.07, 6.45) is 1.22. The van der Waals surface area contributed by atoms with Crippen molar-refractivity contribution >= 4 is 23.4 Å². The highest BCUT2D eigenvalue weighted by Gasteiger charge is 2.38. The number of anilines is 2. The molecule has 1 atom stereocenters. The van der Waals surface area contributed by atoms with E-state index in [2.05, 4.69) is 20.7 Å². The number of fused-ring (bicyclic) bond motifs is 1. The smallest absolute Gasteiger partial charge is 0.347 e. The van der Waals surface area contributed by atoms with Crippen LogP contribution in [-0.2, 0) is 0 Å². The van der Waals surface area contributed by atoms with Gasteiger partial charge in [-0.15, -0.1) is 0 Å². The second-order valence-electron chi connectivity index (χ2n) is 4.78. The van der Waals surface area contributed by atoms with Crippen LogP contribution in [0.5, 0.6) is 0 Å². The maximum atomic E-state index is 11.6. The molecule has 1 unspecified atom stereocenters. The first-order valence-corrected chi connectivity index (χ1v) is 6.37. The van der Waals surface area contributed by atoms with Crippen LogP contribution in [0.1, 0.15) is 0 Å². The van der Waals surface area contributed by atoms with Gasteiger partial charge in [0.1, 0.15) is 6.33 Å². The number of urea groups is 1. The van der Waals surface area contributed by atoms with Gasteiger partial charge in [-0.1, -0.05) is 0 Å². The third-order valence-electron chi connectivity index (χ3n) is 3.65. The van der Waals surface area contributed by atoms with Crippen molar-refractivity contribution < 1.29 is 9.72 Å². The minimum atomic E-state index is -0.561. The van der Waals surface area contributed by atoms with Crippen molar-refractivity contribution in [3.05, 3.63) is 16.4 Å². The molecule has 0 aliphatic carbocycles. The van der Waals surface area contributed by atoms with Gasteiger partial charge in [0, 0.05) is 26.2 Å². The number of piperazine rings is 1. The first-order chi connectivity index (χ1) is 10.1. The van der Waals surface area contributed by atoms with Crippen molar-refractivity contribution in [2.75, 3.05) is 36.5 Å². The minimum absolute atomic E-state index is 0.0184. The number of hydrazine groups is 1. The number of rotatable bonds is 3. The van der Waals surface area contributed by atoms with E-state index in [9.17, 15) is 14.9 Å². The quantitative estimate of drug-likeness (QED) is 0.361. The molecule has 2 aliphatic rings. The van der Waals surface area contributed by atoms with Crippen LogP contribution >= 0.6 is 0 Å². The fourth-order valence-corrected chi connectivity index (χ4v) is 2.67. The normalized spacial score (nSPS) is 21.0. The molecule has 2 fully saturated rings. The lowest BCUT2D eigenvalue weighted by atomic mass is 10.2. The van der Waals surface area contributed by atoms with E-state index in [1.54, 1.807) is 9.80 Å². The maximum absolute atomic E-state index is 11.6. The average molecular weight is 294 g/mol. The lowest BCUT2D eigenvalue weighted by molar-refractivity contribution is -0.383. The third kappa shape index (κ3) is 2.16. The molecule has 2 aliphatic heterocycles. The molecule has 0 bridgehead atoms. The molecule has 3 rings (SSSR count). The van der Waals surface area contributed by atoms with Crippen LogP contribution in [0.2, 0.25) is 0 Å². The Bertz CT molecular complexity index is 594. The van der Waals surface area contributed by atoms with Crippen molar-refractivity contribution in [3.8, 4) is 0 Å². The molecule has 0 radical (unpaired) electrons. The average Bonchev–Trinajstić information content (AvgIpc) is 2.87. The molecule has 1 aromatic rings. The van der Waals surface area contributed by atoms with Gasteiger partial charge in [-0.3, -0.25) is 10.1 Å². The van der Waals surface area contributed by atoms with Crippen LogP contribution in [0, 0.1) is 10.1 Å². The Hall–Kier alpha value is -2.69. The summed E-state index contributed by atoms with van der Waals surface area (Å²) in [6, 6.07) is -0.115. The number of hydrogen-bond acceptors (Lipinski definition) is 8. The highest BCUT2D eigenvalue weighted by molar-refractivity contribution is 5.78. The lowest BCUT2D eigenvalue weighted by Gasteiger charge is -2.36. The molecule has 0 spiro atoms. The lowest BCUT2D eigenvalue weighted by Crippen LogP contribution is -2.52. The minimum Gasteiger partial charge on any atom is -0.347 e. The molecule has 21 heavy (non-hydrogen) atoms. The van der Waals surface area contributed by atoms with Crippen LogP contribution in [0.25, 0.3) is 0 Å². The van der Waals surface area contributed by atoms with Crippen LogP contribution in [-0.4, -0.2) is 58.0 Å². The Morgan fingerprint density at radius 2 is 2.29 bits per heavy atom. The van der Waals surface area contributed by atoms with Crippen LogP contribution in [0.3, 0.4) is 0 Å². The fraction of sp³-hybridized carbons (Fsp3) is 0.500. The number of nitrogen functional groups attached to an aromatic ring is 1. The summed E-state index contributed by atoms with van der Waals surface area (Å²) in [5.74, 6) is 5.44. The third-order valence-corrected chi connectivity index (χ3v) is 3.65. The molecule has 2 saturated heterocycles. The molecule has 4 N–H and O–H groups in total. The Morgan fingerprint density at radius 1 is 1.48 bits per heavy atom. The zero-order valence-electron chi connectivity index (χ0n) is 11.0. The maximum Gasteiger partial charge on any atom is 0.354 e. The summed E-state index contributed by atoms with van der Waals surface area (Å²) < 4.78 is 0. The highest BCUT2D eigenvalue weighted by atomic mass is 16.6. The number of hydrogen-bond donors (Lipinski definition) is 3. The number of aromatic nitrogens is 2. The van der Waals surface area contributed by atoms with Gasteiger partial charge >= 0.3 is 11.7 Å². The molecule has 2 amide bonds. The van der Waals surface area contributed by atoms with E-state index >= 15 is 0 Å². The fourth-order valence-electron chi connectivity index (χ4n) is 2.67. The second-order valence-corrected chi connectivity index (χ2v) is 4.78. The summed E-state index contributed by atoms with van der Waals surface area (Å²) in [7, 11) is 0. The number of nitrogens with one attached hydrogen (secondary N) is 2. The molecule has 1 aromatic heterocycles. The number of carbonyl (C=O) groups is 1. The molecule has 112 valence electrons. The summed E-state index contributed by atoms with van der Waals surface area (Å²) in [5.41, 5.74) is 1.95. The summed E-state index contributed by atoms with van der Waals surface area (Å²) >= 11 is 0. The number of nitrogens with two attached hydrogens (primary N) is 1. The molecular weight excluding hydrogens is 280 g/mol. The van der Waals surface area contributed by atoms with Crippen LogP contribution < -0.4 is 21.5 Å². The molecule has 0 saturated carbocycles. The van der Waals surface area contributed by atoms with Gasteiger partial charge in [-0.05, 0) is 0 Å². The Balaban J connectivity index is 1.91. The largest absolute Gasteiger partial charge is 0.354 e. The zero-order valence-corrected chi connectivity index (χ0v) is 11.0. The van der Waals surface area contributed by atoms with Crippen molar-refractivity contribution in [1.82, 2.24) is 20.2 Å². The number of nitro groups is 1. The van der Waals surface area contributed by atoms with Gasteiger partial charge in [0.05, 0.1) is 11.0 Å². The van der Waals surface area contributed by atoms with E-state index in [4.69, 9.17) is 5.84 Å². The first kappa shape index (κ1) is 13.3. The van der Waals surface area contributed by atoms with E-state index < -0.39 is 4.92 Å². The van der Waals surface area contributed by atoms with E-state index in [0.717, 1.165) is 0 Å². The van der Waals surface area contributed by atoms with Crippen LogP contribution in [0.4, 0.5) is 22.1 Å². The van der Waals surface area contributed by atoms with Crippen molar-refractivity contribution in [3.63, 3.8) is 0 Å². The second kappa shape index (κ2) is 5.01. The van der Waals surface area contributed by atoms with Crippen LogP contribution in [0.15, 0.2) is 6.33 Å². The monoisotopic (exact) mass is 294 g/mol. The van der Waals surface area contributed by atoms with Crippen molar-refractivity contribution in [1.29, 1.82) is 0 Å². The molecule has 11 heteroatoms. The SMILES string of the molecule is NNc1ncnc(N2CCN3C(=O)NCC3C2)c1[N+](=O)[O-]. The summed E-state index contributed by atoms with van der Waals surface area (Å²) in [4.78, 5) is 33.5. The van der Waals surface area contributed by atoms with Gasteiger partial charge in [-0.2, -0.15) is 0 Å². The van der Waals surface area contributed by atoms with Crippen molar-refractivity contribution in [2.24, 2.45) is 5.84 Å². The molecular formula is C10H14N8O3.